The van der Waals surface area contributed by atoms with E-state index in [1.807, 2.05) is 0 Å². The Morgan fingerprint density at radius 1 is 1.21 bits per heavy atom. The fourth-order valence-electron chi connectivity index (χ4n) is 3.31. The molecule has 0 radical (unpaired) electrons. The maximum Gasteiger partial charge on any atom is 0.257 e. The number of carbonyl (C=O) groups excluding carboxylic acids is 1. The summed E-state index contributed by atoms with van der Waals surface area (Å²) in [6.45, 7) is 0.402. The van der Waals surface area contributed by atoms with Crippen LogP contribution in [-0.4, -0.2) is 34.6 Å². The number of benzene rings is 2. The minimum Gasteiger partial charge on any atom is -0.497 e. The first-order chi connectivity index (χ1) is 13.6. The van der Waals surface area contributed by atoms with Gasteiger partial charge in [0.1, 0.15) is 23.4 Å². The molecule has 0 aliphatic carbocycles. The molecule has 1 amide bonds. The van der Waals surface area contributed by atoms with Crippen LogP contribution in [0.5, 0.6) is 5.75 Å². The van der Waals surface area contributed by atoms with E-state index in [0.717, 1.165) is 23.8 Å². The summed E-state index contributed by atoms with van der Waals surface area (Å²) in [5.41, 5.74) is 0.435. The molecular weight excluding hydrogens is 368 g/mol. The van der Waals surface area contributed by atoms with Crippen LogP contribution in [-0.2, 0) is 0 Å². The molecule has 2 heterocycles. The Bertz CT molecular complexity index is 1000. The van der Waals surface area contributed by atoms with Gasteiger partial charge in [-0.1, -0.05) is 5.16 Å². The lowest BCUT2D eigenvalue weighted by molar-refractivity contribution is 0.0704. The highest BCUT2D eigenvalue weighted by Crippen LogP contribution is 2.33. The minimum atomic E-state index is -0.762. The maximum absolute atomic E-state index is 14.0. The van der Waals surface area contributed by atoms with Gasteiger partial charge >= 0.3 is 0 Å². The molecule has 3 aromatic rings. The Labute approximate surface area is 159 Å². The van der Waals surface area contributed by atoms with E-state index in [-0.39, 0.29) is 11.5 Å². The molecule has 0 bridgehead atoms. The summed E-state index contributed by atoms with van der Waals surface area (Å²) in [5, 5.41) is 3.99. The van der Waals surface area contributed by atoms with Crippen LogP contribution < -0.4 is 4.74 Å². The molecule has 1 atom stereocenters. The summed E-state index contributed by atoms with van der Waals surface area (Å²) in [5.74, 6) is -0.662. The van der Waals surface area contributed by atoms with Crippen molar-refractivity contribution >= 4 is 5.91 Å². The van der Waals surface area contributed by atoms with Gasteiger partial charge < -0.3 is 14.2 Å². The van der Waals surface area contributed by atoms with E-state index in [1.165, 1.54) is 4.90 Å². The number of aromatic nitrogens is 2. The molecule has 1 saturated heterocycles. The number of hydrogen-bond donors (Lipinski definition) is 0. The van der Waals surface area contributed by atoms with Crippen molar-refractivity contribution in [2.45, 2.75) is 18.9 Å². The first-order valence-electron chi connectivity index (χ1n) is 8.81. The van der Waals surface area contributed by atoms with E-state index < -0.39 is 23.6 Å². The number of rotatable bonds is 4. The highest BCUT2D eigenvalue weighted by Gasteiger charge is 2.35. The molecule has 1 aliphatic heterocycles. The van der Waals surface area contributed by atoms with Gasteiger partial charge in [0.25, 0.3) is 5.91 Å². The van der Waals surface area contributed by atoms with Gasteiger partial charge in [0.2, 0.25) is 11.7 Å². The van der Waals surface area contributed by atoms with Crippen LogP contribution in [0.2, 0.25) is 0 Å². The zero-order valence-electron chi connectivity index (χ0n) is 15.1. The Morgan fingerprint density at radius 2 is 2.00 bits per heavy atom. The Kier molecular flexibility index (Phi) is 4.77. The predicted octanol–water partition coefficient (Wildman–Crippen LogP) is 4.00. The molecule has 1 unspecified atom stereocenters. The second-order valence-electron chi connectivity index (χ2n) is 6.47. The molecule has 0 N–H and O–H groups in total. The molecule has 0 saturated carbocycles. The topological polar surface area (TPSA) is 68.5 Å². The number of methoxy groups -OCH3 is 1. The van der Waals surface area contributed by atoms with Gasteiger partial charge in [-0.05, 0) is 55.3 Å². The van der Waals surface area contributed by atoms with E-state index in [4.69, 9.17) is 9.26 Å². The summed E-state index contributed by atoms with van der Waals surface area (Å²) >= 11 is 0. The van der Waals surface area contributed by atoms with Gasteiger partial charge in [0, 0.05) is 12.1 Å². The van der Waals surface area contributed by atoms with E-state index in [9.17, 15) is 13.6 Å². The summed E-state index contributed by atoms with van der Waals surface area (Å²) in [4.78, 5) is 18.6. The molecule has 6 nitrogen and oxygen atoms in total. The molecule has 2 aromatic carbocycles. The third-order valence-corrected chi connectivity index (χ3v) is 4.75. The summed E-state index contributed by atoms with van der Waals surface area (Å²) in [6.07, 6.45) is 1.31. The van der Waals surface area contributed by atoms with Gasteiger partial charge in [0.05, 0.1) is 12.7 Å². The quantitative estimate of drug-likeness (QED) is 0.679. The first kappa shape index (κ1) is 18.1. The molecule has 8 heteroatoms. The normalized spacial score (nSPS) is 16.4. The lowest BCUT2D eigenvalue weighted by Crippen LogP contribution is -2.31. The van der Waals surface area contributed by atoms with Crippen LogP contribution in [0.15, 0.2) is 47.0 Å². The number of amides is 1. The van der Waals surface area contributed by atoms with Gasteiger partial charge in [-0.3, -0.25) is 4.79 Å². The van der Waals surface area contributed by atoms with Crippen molar-refractivity contribution in [1.82, 2.24) is 15.0 Å². The van der Waals surface area contributed by atoms with Gasteiger partial charge in [-0.2, -0.15) is 4.98 Å². The molecule has 144 valence electrons. The van der Waals surface area contributed by atoms with E-state index in [0.29, 0.717) is 31.0 Å². The highest BCUT2D eigenvalue weighted by molar-refractivity contribution is 5.95. The largest absolute Gasteiger partial charge is 0.497 e. The molecule has 4 rings (SSSR count). The van der Waals surface area contributed by atoms with E-state index in [1.54, 1.807) is 31.4 Å². The van der Waals surface area contributed by atoms with Crippen molar-refractivity contribution in [1.29, 1.82) is 0 Å². The second-order valence-corrected chi connectivity index (χ2v) is 6.47. The second kappa shape index (κ2) is 7.38. The Hall–Kier alpha value is -3.29. The molecule has 28 heavy (non-hydrogen) atoms. The molecule has 0 spiro atoms. The van der Waals surface area contributed by atoms with Crippen molar-refractivity contribution in [2.75, 3.05) is 13.7 Å². The van der Waals surface area contributed by atoms with Crippen molar-refractivity contribution in [3.05, 3.63) is 65.6 Å². The molecule has 1 fully saturated rings. The average molecular weight is 385 g/mol. The minimum absolute atomic E-state index is 0.272. The summed E-state index contributed by atoms with van der Waals surface area (Å²) < 4.78 is 38.0. The van der Waals surface area contributed by atoms with Crippen molar-refractivity contribution < 1.29 is 22.8 Å². The zero-order chi connectivity index (χ0) is 19.7. The number of hydrogen-bond acceptors (Lipinski definition) is 5. The lowest BCUT2D eigenvalue weighted by atomic mass is 10.1. The Balaban J connectivity index is 1.59. The van der Waals surface area contributed by atoms with Crippen LogP contribution in [0, 0.1) is 11.6 Å². The van der Waals surface area contributed by atoms with Gasteiger partial charge in [0.15, 0.2) is 0 Å². The fourth-order valence-corrected chi connectivity index (χ4v) is 3.31. The number of halogens is 2. The van der Waals surface area contributed by atoms with Gasteiger partial charge in [-0.15, -0.1) is 0 Å². The van der Waals surface area contributed by atoms with Crippen molar-refractivity contribution in [3.8, 4) is 17.1 Å². The fraction of sp³-hybridized carbons (Fsp3) is 0.250. The predicted molar refractivity (Wildman–Crippen MR) is 95.7 cm³/mol. The van der Waals surface area contributed by atoms with E-state index in [2.05, 4.69) is 10.1 Å². The van der Waals surface area contributed by atoms with Crippen LogP contribution >= 0.6 is 0 Å². The van der Waals surface area contributed by atoms with E-state index >= 15 is 0 Å². The standard InChI is InChI=1S/C20H17F2N3O3/c1-27-14-7-4-12(5-8-14)18-23-19(28-24-18)17-3-2-10-25(17)20(26)15-11-13(21)6-9-16(15)22/h4-9,11,17H,2-3,10H2,1H3. The van der Waals surface area contributed by atoms with Crippen molar-refractivity contribution in [2.24, 2.45) is 0 Å². The lowest BCUT2D eigenvalue weighted by Gasteiger charge is -2.22. The number of nitrogens with zero attached hydrogens (tertiary/aromatic N) is 3. The number of ether oxygens (including phenoxy) is 1. The molecule has 1 aromatic heterocycles. The first-order valence-corrected chi connectivity index (χ1v) is 8.81. The van der Waals surface area contributed by atoms with Crippen LogP contribution in [0.3, 0.4) is 0 Å². The highest BCUT2D eigenvalue weighted by atomic mass is 19.1. The molecule has 1 aliphatic rings. The summed E-state index contributed by atoms with van der Waals surface area (Å²) in [7, 11) is 1.58. The smallest absolute Gasteiger partial charge is 0.257 e. The molecular formula is C20H17F2N3O3. The average Bonchev–Trinajstić information content (AvgIpc) is 3.38. The van der Waals surface area contributed by atoms with Gasteiger partial charge in [-0.25, -0.2) is 8.78 Å². The SMILES string of the molecule is COc1ccc(-c2noc(C3CCCN3C(=O)c3cc(F)ccc3F)n2)cc1. The summed E-state index contributed by atoms with van der Waals surface area (Å²) in [6, 6.07) is 9.51. The number of carbonyl (C=O) groups is 1. The van der Waals surface area contributed by atoms with Crippen LogP contribution in [0.4, 0.5) is 8.78 Å². The maximum atomic E-state index is 14.0. The third-order valence-electron chi connectivity index (χ3n) is 4.75. The van der Waals surface area contributed by atoms with Crippen LogP contribution in [0.1, 0.15) is 35.1 Å². The van der Waals surface area contributed by atoms with Crippen LogP contribution in [0.25, 0.3) is 11.4 Å². The zero-order valence-corrected chi connectivity index (χ0v) is 15.1. The monoisotopic (exact) mass is 385 g/mol. The number of likely N-dealkylation sites (tertiary alicyclic amines) is 1. The Morgan fingerprint density at radius 3 is 2.75 bits per heavy atom. The van der Waals surface area contributed by atoms with Crippen molar-refractivity contribution in [3.63, 3.8) is 0 Å². The third kappa shape index (κ3) is 3.33.